The third kappa shape index (κ3) is 9.72. The minimum absolute atomic E-state index is 0.0672. The summed E-state index contributed by atoms with van der Waals surface area (Å²) in [6.45, 7) is 0.919. The quantitative estimate of drug-likeness (QED) is 0.102. The van der Waals surface area contributed by atoms with Crippen molar-refractivity contribution in [2.45, 2.75) is 50.7 Å². The molecule has 2 amide bonds. The van der Waals surface area contributed by atoms with E-state index in [1.54, 1.807) is 48.5 Å². The first-order chi connectivity index (χ1) is 29.5. The van der Waals surface area contributed by atoms with Gasteiger partial charge in [0.15, 0.2) is 0 Å². The van der Waals surface area contributed by atoms with Crippen molar-refractivity contribution in [3.63, 3.8) is 0 Å². The van der Waals surface area contributed by atoms with Crippen molar-refractivity contribution in [1.29, 1.82) is 5.26 Å². The van der Waals surface area contributed by atoms with Crippen LogP contribution in [0.1, 0.15) is 45.2 Å². The highest BCUT2D eigenvalue weighted by atomic mass is 79.9. The largest absolute Gasteiger partial charge is 0.489 e. The summed E-state index contributed by atoms with van der Waals surface area (Å²) in [6, 6.07) is 36.5. The van der Waals surface area contributed by atoms with E-state index >= 15 is 0 Å². The zero-order valence-electron chi connectivity index (χ0n) is 32.3. The molecular formula is C47H36BrCl2N5O6. The number of nitriles is 1. The Bertz CT molecular complexity index is 2670. The fourth-order valence-electron chi connectivity index (χ4n) is 7.44. The Labute approximate surface area is 370 Å². The minimum atomic E-state index is -1.20. The van der Waals surface area contributed by atoms with Gasteiger partial charge in [0.05, 0.1) is 39.1 Å². The van der Waals surface area contributed by atoms with Gasteiger partial charge in [-0.05, 0) is 116 Å². The van der Waals surface area contributed by atoms with Crippen LogP contribution in [0.3, 0.4) is 0 Å². The highest BCUT2D eigenvalue weighted by molar-refractivity contribution is 9.10. The molecule has 61 heavy (non-hydrogen) atoms. The number of halogens is 3. The number of nitrogens with zero attached hydrogens (tertiary/aromatic N) is 3. The number of carbonyl (C=O) groups excluding carboxylic acids is 2. The predicted octanol–water partition coefficient (Wildman–Crippen LogP) is 9.08. The average molecular weight is 918 g/mol. The van der Waals surface area contributed by atoms with Gasteiger partial charge in [0, 0.05) is 25.1 Å². The molecule has 3 N–H and O–H groups in total. The molecule has 14 heteroatoms. The molecule has 0 radical (unpaired) electrons. The summed E-state index contributed by atoms with van der Waals surface area (Å²) in [7, 11) is 0. The number of carboxylic acids is 1. The maximum atomic E-state index is 14.2. The van der Waals surface area contributed by atoms with E-state index in [1.807, 2.05) is 77.7 Å². The summed E-state index contributed by atoms with van der Waals surface area (Å²) in [6.07, 6.45) is -0.603. The van der Waals surface area contributed by atoms with Crippen LogP contribution in [-0.2, 0) is 46.9 Å². The van der Waals surface area contributed by atoms with Crippen molar-refractivity contribution in [2.75, 3.05) is 5.32 Å². The zero-order valence-corrected chi connectivity index (χ0v) is 35.4. The van der Waals surface area contributed by atoms with Crippen molar-refractivity contribution in [3.8, 4) is 28.7 Å². The highest BCUT2D eigenvalue weighted by Gasteiger charge is 2.37. The lowest BCUT2D eigenvalue weighted by molar-refractivity contribution is -0.142. The van der Waals surface area contributed by atoms with E-state index in [2.05, 4.69) is 37.6 Å². The smallest absolute Gasteiger partial charge is 0.326 e. The lowest BCUT2D eigenvalue weighted by atomic mass is 9.91. The van der Waals surface area contributed by atoms with Crippen molar-refractivity contribution >= 4 is 62.6 Å². The Kier molecular flexibility index (Phi) is 12.4. The van der Waals surface area contributed by atoms with E-state index in [1.165, 1.54) is 0 Å². The number of carboxylic acid groups (broad SMARTS) is 1. The number of nitrogens with one attached hydrogen (secondary N) is 2. The van der Waals surface area contributed by atoms with Gasteiger partial charge < -0.3 is 25.2 Å². The van der Waals surface area contributed by atoms with Crippen LogP contribution in [0.25, 0.3) is 11.1 Å². The second-order valence-electron chi connectivity index (χ2n) is 14.8. The van der Waals surface area contributed by atoms with Gasteiger partial charge >= 0.3 is 5.97 Å². The van der Waals surface area contributed by atoms with E-state index in [4.69, 9.17) is 37.9 Å². The van der Waals surface area contributed by atoms with Crippen LogP contribution >= 0.6 is 39.1 Å². The predicted molar refractivity (Wildman–Crippen MR) is 234 cm³/mol. The molecule has 3 atom stereocenters. The Hall–Kier alpha value is -6.23. The van der Waals surface area contributed by atoms with Crippen LogP contribution in [0.2, 0.25) is 10.0 Å². The number of rotatable bonds is 12. The molecule has 1 aromatic heterocycles. The number of anilines is 1. The van der Waals surface area contributed by atoms with Crippen molar-refractivity contribution in [1.82, 2.24) is 15.2 Å². The zero-order chi connectivity index (χ0) is 42.6. The van der Waals surface area contributed by atoms with Crippen LogP contribution in [0.5, 0.6) is 11.5 Å². The van der Waals surface area contributed by atoms with Gasteiger partial charge in [-0.3, -0.25) is 14.5 Å². The van der Waals surface area contributed by atoms with Crippen LogP contribution in [0.4, 0.5) is 5.69 Å². The van der Waals surface area contributed by atoms with Crippen molar-refractivity contribution in [3.05, 3.63) is 175 Å². The molecule has 0 aliphatic carbocycles. The van der Waals surface area contributed by atoms with Crippen LogP contribution < -0.4 is 20.1 Å². The van der Waals surface area contributed by atoms with E-state index in [0.29, 0.717) is 56.1 Å². The first-order valence-electron chi connectivity index (χ1n) is 19.3. The third-order valence-corrected chi connectivity index (χ3v) is 11.8. The Balaban J connectivity index is 0.982. The monoisotopic (exact) mass is 915 g/mol. The second-order valence-corrected chi connectivity index (χ2v) is 16.4. The highest BCUT2D eigenvalue weighted by Crippen LogP contribution is 2.40. The van der Waals surface area contributed by atoms with Crippen molar-refractivity contribution in [2.24, 2.45) is 0 Å². The van der Waals surface area contributed by atoms with Gasteiger partial charge in [-0.25, -0.2) is 9.78 Å². The van der Waals surface area contributed by atoms with E-state index in [0.717, 1.165) is 39.1 Å². The minimum Gasteiger partial charge on any atom is -0.489 e. The molecule has 0 bridgehead atoms. The topological polar surface area (TPSA) is 154 Å². The number of pyridine rings is 1. The second kappa shape index (κ2) is 18.2. The summed E-state index contributed by atoms with van der Waals surface area (Å²) in [5.74, 6) is -0.857. The molecule has 6 aromatic rings. The van der Waals surface area contributed by atoms with E-state index in [9.17, 15) is 19.5 Å². The third-order valence-electron chi connectivity index (χ3n) is 10.6. The maximum absolute atomic E-state index is 14.2. The molecule has 11 nitrogen and oxygen atoms in total. The SMILES string of the molecule is N#Cc1ccc(-c2ccc(C[C@H](NC(=O)C3Cc4cc5c(cc4CN3Cc3cccc(Br)n3)OC(c3ccc(OCc4ccc(Cl)c(Cl)c4)cc3)C(=O)N5)C(=O)O)cc2)cc1. The van der Waals surface area contributed by atoms with E-state index < -0.39 is 30.1 Å². The maximum Gasteiger partial charge on any atom is 0.326 e. The molecule has 8 rings (SSSR count). The molecule has 0 fully saturated rings. The van der Waals surface area contributed by atoms with Gasteiger partial charge in [0.1, 0.15) is 28.8 Å². The molecule has 0 saturated heterocycles. The summed E-state index contributed by atoms with van der Waals surface area (Å²) in [5, 5.41) is 26.1. The number of amides is 2. The summed E-state index contributed by atoms with van der Waals surface area (Å²) < 4.78 is 12.9. The Morgan fingerprint density at radius 2 is 1.66 bits per heavy atom. The van der Waals surface area contributed by atoms with Gasteiger partial charge in [-0.1, -0.05) is 83.9 Å². The first-order valence-corrected chi connectivity index (χ1v) is 20.8. The molecular weight excluding hydrogens is 881 g/mol. The van der Waals surface area contributed by atoms with Gasteiger partial charge in [0.25, 0.3) is 5.91 Å². The number of aromatic nitrogens is 1. The standard InChI is InChI=1S/C47H36BrCl2N5O6/c48-43-3-1-2-35(52-43)25-55-24-34-22-42-39(53-46(57)44(61-42)32-13-15-36(16-14-32)60-26-29-8-17-37(49)38(50)18-29)20-33(34)21-41(55)45(56)54-40(47(58)59)19-27-4-9-30(10-5-27)31-11-6-28(23-51)7-12-31/h1-18,20,22,40-41,44H,19,21,24-26H2,(H,53,57)(H,54,56)(H,58,59)/t40-,41?,44?/m0/s1. The molecule has 0 spiro atoms. The van der Waals surface area contributed by atoms with Gasteiger partial charge in [-0.15, -0.1) is 0 Å². The molecule has 0 saturated carbocycles. The van der Waals surface area contributed by atoms with Crippen LogP contribution in [-0.4, -0.2) is 44.9 Å². The lowest BCUT2D eigenvalue weighted by Gasteiger charge is -2.37. The number of benzene rings is 5. The normalized spacial score (nSPS) is 16.2. The number of hydrogen-bond acceptors (Lipinski definition) is 8. The first kappa shape index (κ1) is 41.5. The Morgan fingerprint density at radius 3 is 2.34 bits per heavy atom. The van der Waals surface area contributed by atoms with Crippen molar-refractivity contribution < 1.29 is 29.0 Å². The number of fused-ring (bicyclic) bond motifs is 2. The van der Waals surface area contributed by atoms with Crippen LogP contribution in [0.15, 0.2) is 126 Å². The fourth-order valence-corrected chi connectivity index (χ4v) is 8.14. The summed E-state index contributed by atoms with van der Waals surface area (Å²) >= 11 is 15.6. The molecule has 3 heterocycles. The van der Waals surface area contributed by atoms with Gasteiger partial charge in [-0.2, -0.15) is 5.26 Å². The number of carbonyl (C=O) groups is 3. The number of aliphatic carboxylic acids is 1. The fraction of sp³-hybridized carbons (Fsp3) is 0.170. The Morgan fingerprint density at radius 1 is 0.934 bits per heavy atom. The number of ether oxygens (including phenoxy) is 2. The lowest BCUT2D eigenvalue weighted by Crippen LogP contribution is -2.54. The molecule has 2 unspecified atom stereocenters. The summed E-state index contributed by atoms with van der Waals surface area (Å²) in [4.78, 5) is 46.8. The van der Waals surface area contributed by atoms with Gasteiger partial charge in [0.2, 0.25) is 12.0 Å². The van der Waals surface area contributed by atoms with Crippen LogP contribution in [0, 0.1) is 11.3 Å². The van der Waals surface area contributed by atoms with E-state index in [-0.39, 0.29) is 25.4 Å². The number of hydrogen-bond donors (Lipinski definition) is 3. The summed E-state index contributed by atoms with van der Waals surface area (Å²) in [5.41, 5.74) is 7.56. The molecule has 2 aliphatic heterocycles. The molecule has 2 aliphatic rings. The average Bonchev–Trinajstić information content (AvgIpc) is 3.26. The molecule has 5 aromatic carbocycles. The molecule has 306 valence electrons.